The zero-order valence-corrected chi connectivity index (χ0v) is 31.3. The number of hydrogen-bond acceptors (Lipinski definition) is 11. The van der Waals surface area contributed by atoms with E-state index in [-0.39, 0.29) is 43.1 Å². The number of fused-ring (bicyclic) bond motifs is 4. The summed E-state index contributed by atoms with van der Waals surface area (Å²) < 4.78 is 17.6. The van der Waals surface area contributed by atoms with Crippen LogP contribution in [0.15, 0.2) is 95.1 Å². The summed E-state index contributed by atoms with van der Waals surface area (Å²) in [5.41, 5.74) is 3.20. The third-order valence-electron chi connectivity index (χ3n) is 10.3. The minimum Gasteiger partial charge on any atom is -0.506 e. The number of alkyl carbamates (subject to hydrolysis) is 1. The number of H-pyrrole nitrogens is 1. The molecular formula is C42H46N4O8S. The quantitative estimate of drug-likeness (QED) is 0.0591. The lowest BCUT2D eigenvalue weighted by Crippen LogP contribution is -2.52. The first kappa shape index (κ1) is 38.1. The van der Waals surface area contributed by atoms with Gasteiger partial charge in [0.15, 0.2) is 0 Å². The van der Waals surface area contributed by atoms with Crippen molar-refractivity contribution in [2.45, 2.75) is 50.5 Å². The van der Waals surface area contributed by atoms with E-state index in [0.29, 0.717) is 46.0 Å². The molecule has 0 radical (unpaired) electrons. The number of phenols is 1. The standard InChI is InChI=1S/C42H46N4O8S/c47-34-13-11-32(33-12-14-38(49)44-40(33)34)35(48)23-43-17-4-5-20-52-41(50)37-21-27(26-55-37)25-53-31-10-6-9-30(22-31)39(29-7-2-1-3-8-29)45-42(51)54-36-24-46-18-15-28(36)16-19-46/h1-3,6-14,21-22,26,28,35-36,39,43,47-48H,4-5,15-20,23-25H2,(H,44,49)(H,45,51). The lowest BCUT2D eigenvalue weighted by atomic mass is 9.86. The van der Waals surface area contributed by atoms with E-state index in [1.165, 1.54) is 23.5 Å². The van der Waals surface area contributed by atoms with Gasteiger partial charge in [-0.25, -0.2) is 9.59 Å². The molecular weight excluding hydrogens is 721 g/mol. The number of unbranched alkanes of at least 4 members (excludes halogenated alkanes) is 1. The number of carbonyl (C=O) groups excluding carboxylic acids is 2. The fourth-order valence-electron chi connectivity index (χ4n) is 7.33. The molecule has 3 unspecified atom stereocenters. The third-order valence-corrected chi connectivity index (χ3v) is 11.2. The second-order valence-corrected chi connectivity index (χ2v) is 15.0. The molecule has 5 N–H and O–H groups in total. The van der Waals surface area contributed by atoms with Crippen molar-refractivity contribution in [3.8, 4) is 11.5 Å². The maximum atomic E-state index is 13.2. The van der Waals surface area contributed by atoms with E-state index in [2.05, 4.69) is 20.5 Å². The summed E-state index contributed by atoms with van der Waals surface area (Å²) in [5.74, 6) is 0.609. The van der Waals surface area contributed by atoms with Gasteiger partial charge >= 0.3 is 12.1 Å². The Morgan fingerprint density at radius 1 is 0.964 bits per heavy atom. The zero-order valence-electron chi connectivity index (χ0n) is 30.4. The van der Waals surface area contributed by atoms with Gasteiger partial charge in [0.1, 0.15) is 29.1 Å². The molecule has 1 amide bonds. The summed E-state index contributed by atoms with van der Waals surface area (Å²) >= 11 is 1.30. The van der Waals surface area contributed by atoms with E-state index < -0.39 is 18.2 Å². The van der Waals surface area contributed by atoms with Gasteiger partial charge in [0.05, 0.1) is 24.3 Å². The van der Waals surface area contributed by atoms with Gasteiger partial charge in [-0.1, -0.05) is 48.5 Å². The van der Waals surface area contributed by atoms with E-state index in [9.17, 15) is 24.6 Å². The van der Waals surface area contributed by atoms with Crippen molar-refractivity contribution in [3.63, 3.8) is 0 Å². The zero-order chi connectivity index (χ0) is 38.1. The Kier molecular flexibility index (Phi) is 12.4. The summed E-state index contributed by atoms with van der Waals surface area (Å²) in [7, 11) is 0. The molecule has 0 saturated carbocycles. The minimum absolute atomic E-state index is 0.0540. The van der Waals surface area contributed by atoms with Crippen molar-refractivity contribution in [1.29, 1.82) is 0 Å². The maximum absolute atomic E-state index is 13.2. The first-order valence-corrected chi connectivity index (χ1v) is 19.6. The first-order valence-electron chi connectivity index (χ1n) is 18.8. The van der Waals surface area contributed by atoms with Crippen LogP contribution in [0.4, 0.5) is 4.79 Å². The Morgan fingerprint density at radius 2 is 1.78 bits per heavy atom. The van der Waals surface area contributed by atoms with Gasteiger partial charge in [-0.3, -0.25) is 9.69 Å². The number of aromatic nitrogens is 1. The van der Waals surface area contributed by atoms with Gasteiger partial charge in [0.2, 0.25) is 5.56 Å². The predicted molar refractivity (Wildman–Crippen MR) is 210 cm³/mol. The van der Waals surface area contributed by atoms with Crippen molar-refractivity contribution in [1.82, 2.24) is 20.5 Å². The largest absolute Gasteiger partial charge is 0.506 e. The molecule has 12 nitrogen and oxygen atoms in total. The van der Waals surface area contributed by atoms with Crippen LogP contribution >= 0.6 is 11.3 Å². The van der Waals surface area contributed by atoms with Gasteiger partial charge in [-0.2, -0.15) is 0 Å². The molecule has 5 heterocycles. The van der Waals surface area contributed by atoms with Crippen LogP contribution in [0, 0.1) is 5.92 Å². The molecule has 55 heavy (non-hydrogen) atoms. The Labute approximate surface area is 323 Å². The summed E-state index contributed by atoms with van der Waals surface area (Å²) in [6.45, 7) is 4.35. The number of hydrogen-bond donors (Lipinski definition) is 5. The number of thiophene rings is 1. The molecule has 3 aliphatic heterocycles. The van der Waals surface area contributed by atoms with Crippen LogP contribution in [-0.4, -0.2) is 77.6 Å². The Bertz CT molecular complexity index is 2130. The molecule has 0 aliphatic carbocycles. The molecule has 2 aromatic heterocycles. The number of aromatic amines is 1. The summed E-state index contributed by atoms with van der Waals surface area (Å²) in [6, 6.07) is 24.8. The number of ether oxygens (including phenoxy) is 3. The molecule has 3 aromatic carbocycles. The van der Waals surface area contributed by atoms with Crippen molar-refractivity contribution >= 4 is 34.3 Å². The predicted octanol–water partition coefficient (Wildman–Crippen LogP) is 6.04. The lowest BCUT2D eigenvalue weighted by molar-refractivity contribution is -0.0336. The number of phenolic OH excluding ortho intramolecular Hbond substituents is 1. The second-order valence-electron chi connectivity index (χ2n) is 14.1. The molecule has 3 saturated heterocycles. The fourth-order valence-corrected chi connectivity index (χ4v) is 8.12. The Morgan fingerprint density at radius 3 is 2.58 bits per heavy atom. The van der Waals surface area contributed by atoms with E-state index in [0.717, 1.165) is 55.6 Å². The number of benzene rings is 3. The second kappa shape index (κ2) is 17.9. The van der Waals surface area contributed by atoms with Crippen LogP contribution in [0.3, 0.4) is 0 Å². The highest BCUT2D eigenvalue weighted by molar-refractivity contribution is 7.12. The molecule has 3 atom stereocenters. The van der Waals surface area contributed by atoms with Crippen molar-refractivity contribution < 1.29 is 34.0 Å². The fraction of sp³-hybridized carbons (Fsp3) is 0.357. The van der Waals surface area contributed by atoms with Gasteiger partial charge in [0, 0.05) is 30.1 Å². The highest BCUT2D eigenvalue weighted by Crippen LogP contribution is 2.31. The van der Waals surface area contributed by atoms with Gasteiger partial charge < -0.3 is 40.0 Å². The molecule has 5 aromatic rings. The normalized spacial score (nSPS) is 18.7. The summed E-state index contributed by atoms with van der Waals surface area (Å²) in [4.78, 5) is 43.0. The minimum atomic E-state index is -0.841. The van der Waals surface area contributed by atoms with Crippen LogP contribution in [0.5, 0.6) is 11.5 Å². The van der Waals surface area contributed by atoms with Crippen molar-refractivity contribution in [2.75, 3.05) is 39.3 Å². The number of nitrogens with zero attached hydrogens (tertiary/aromatic N) is 1. The van der Waals surface area contributed by atoms with Crippen LogP contribution < -0.4 is 20.9 Å². The lowest BCUT2D eigenvalue weighted by Gasteiger charge is -2.43. The highest BCUT2D eigenvalue weighted by Gasteiger charge is 2.37. The number of esters is 1. The Balaban J connectivity index is 0.849. The number of aliphatic hydroxyl groups is 1. The number of aromatic hydroxyl groups is 1. The molecule has 0 spiro atoms. The maximum Gasteiger partial charge on any atom is 0.408 e. The number of nitrogens with one attached hydrogen (secondary N) is 3. The first-order chi connectivity index (χ1) is 26.8. The molecule has 288 valence electrons. The molecule has 3 aliphatic rings. The third kappa shape index (κ3) is 9.73. The average molecular weight is 767 g/mol. The monoisotopic (exact) mass is 766 g/mol. The summed E-state index contributed by atoms with van der Waals surface area (Å²) in [5, 5.41) is 29.6. The van der Waals surface area contributed by atoms with Crippen LogP contribution in [-0.2, 0) is 16.1 Å². The molecule has 3 fully saturated rings. The number of aliphatic hydroxyl groups excluding tert-OH is 1. The van der Waals surface area contributed by atoms with Crippen LogP contribution in [0.25, 0.3) is 10.9 Å². The topological polar surface area (TPSA) is 162 Å². The SMILES string of the molecule is O=C(NC(c1ccccc1)c1cccc(OCc2csc(C(=O)OCCCCNCC(O)c3ccc(O)c4[nH]c(=O)ccc34)c2)c1)OC1CN2CCC1CC2. The van der Waals surface area contributed by atoms with E-state index >= 15 is 0 Å². The van der Waals surface area contributed by atoms with Gasteiger partial charge in [-0.15, -0.1) is 11.3 Å². The van der Waals surface area contributed by atoms with Gasteiger partial charge in [-0.05, 0) is 104 Å². The van der Waals surface area contributed by atoms with Crippen molar-refractivity contribution in [3.05, 3.63) is 128 Å². The van der Waals surface area contributed by atoms with E-state index in [1.807, 2.05) is 60.0 Å². The average Bonchev–Trinajstić information content (AvgIpc) is 3.69. The number of piperidine rings is 3. The molecule has 13 heteroatoms. The Hall–Kier alpha value is -5.21. The van der Waals surface area contributed by atoms with Gasteiger partial charge in [0.25, 0.3) is 0 Å². The number of amides is 1. The summed E-state index contributed by atoms with van der Waals surface area (Å²) in [6.07, 6.45) is 2.15. The number of rotatable bonds is 16. The number of pyridine rings is 1. The smallest absolute Gasteiger partial charge is 0.408 e. The van der Waals surface area contributed by atoms with Crippen LogP contribution in [0.1, 0.15) is 69.8 Å². The highest BCUT2D eigenvalue weighted by atomic mass is 32.1. The van der Waals surface area contributed by atoms with E-state index in [4.69, 9.17) is 14.2 Å². The number of carbonyl (C=O) groups is 2. The van der Waals surface area contributed by atoms with E-state index in [1.54, 1.807) is 18.2 Å². The molecule has 8 rings (SSSR count). The van der Waals surface area contributed by atoms with Crippen molar-refractivity contribution in [2.24, 2.45) is 5.92 Å². The molecule has 2 bridgehead atoms. The van der Waals surface area contributed by atoms with Crippen LogP contribution in [0.2, 0.25) is 0 Å².